The number of hydrogen-bond donors (Lipinski definition) is 0. The summed E-state index contributed by atoms with van der Waals surface area (Å²) < 4.78 is 11.3. The Kier molecular flexibility index (Phi) is 6.29. The second-order valence-electron chi connectivity index (χ2n) is 4.50. The Bertz CT molecular complexity index is 415. The first-order valence-corrected chi connectivity index (χ1v) is 7.76. The van der Waals surface area contributed by atoms with Gasteiger partial charge < -0.3 is 9.47 Å². The molecule has 1 aliphatic heterocycles. The molecule has 0 aliphatic carbocycles. The molecular weight excluding hydrogens is 256 g/mol. The standard InChI is InChI=1S/C16H20O2S/c1-14(18-16-11-5-6-12-17-16)8-7-13-19-15-9-3-2-4-10-15/h2-4,9-10,14,16H,5-6,11-13H2,1H3. The highest BCUT2D eigenvalue weighted by Gasteiger charge is 2.15. The SMILES string of the molecule is CC(C#CCSc1ccccc1)OC1CCCCO1. The topological polar surface area (TPSA) is 18.5 Å². The maximum Gasteiger partial charge on any atom is 0.159 e. The molecule has 19 heavy (non-hydrogen) atoms. The van der Waals surface area contributed by atoms with Gasteiger partial charge in [0, 0.05) is 11.5 Å². The smallest absolute Gasteiger partial charge is 0.159 e. The van der Waals surface area contributed by atoms with Gasteiger partial charge in [0.2, 0.25) is 0 Å². The molecule has 0 saturated carbocycles. The Hall–Kier alpha value is -0.950. The van der Waals surface area contributed by atoms with E-state index in [2.05, 4.69) is 24.0 Å². The molecule has 0 radical (unpaired) electrons. The molecule has 0 spiro atoms. The first kappa shape index (κ1) is 14.5. The second-order valence-corrected chi connectivity index (χ2v) is 5.55. The molecule has 2 rings (SSSR count). The molecule has 1 fully saturated rings. The molecule has 1 aliphatic rings. The van der Waals surface area contributed by atoms with Gasteiger partial charge in [0.25, 0.3) is 0 Å². The molecule has 2 nitrogen and oxygen atoms in total. The minimum Gasteiger partial charge on any atom is -0.353 e. The van der Waals surface area contributed by atoms with Crippen LogP contribution in [0.1, 0.15) is 26.2 Å². The van der Waals surface area contributed by atoms with Gasteiger partial charge >= 0.3 is 0 Å². The van der Waals surface area contributed by atoms with E-state index in [0.717, 1.165) is 25.2 Å². The lowest BCUT2D eigenvalue weighted by atomic mass is 10.2. The maximum atomic E-state index is 5.74. The average molecular weight is 276 g/mol. The molecule has 2 unspecified atom stereocenters. The normalized spacial score (nSPS) is 20.4. The zero-order chi connectivity index (χ0) is 13.3. The third-order valence-electron chi connectivity index (χ3n) is 2.85. The first-order valence-electron chi connectivity index (χ1n) is 6.78. The molecule has 3 heteroatoms. The van der Waals surface area contributed by atoms with E-state index < -0.39 is 0 Å². The van der Waals surface area contributed by atoms with Crippen molar-refractivity contribution in [3.63, 3.8) is 0 Å². The van der Waals surface area contributed by atoms with Crippen LogP contribution in [0.3, 0.4) is 0 Å². The van der Waals surface area contributed by atoms with Crippen LogP contribution in [0.4, 0.5) is 0 Å². The molecule has 0 bridgehead atoms. The van der Waals surface area contributed by atoms with Crippen LogP contribution in [0.5, 0.6) is 0 Å². The first-order chi connectivity index (χ1) is 9.34. The molecule has 0 N–H and O–H groups in total. The summed E-state index contributed by atoms with van der Waals surface area (Å²) in [6, 6.07) is 10.3. The van der Waals surface area contributed by atoms with Gasteiger partial charge in [-0.15, -0.1) is 11.8 Å². The van der Waals surface area contributed by atoms with E-state index in [1.54, 1.807) is 11.8 Å². The Morgan fingerprint density at radius 1 is 1.37 bits per heavy atom. The van der Waals surface area contributed by atoms with Crippen molar-refractivity contribution in [2.24, 2.45) is 0 Å². The van der Waals surface area contributed by atoms with Crippen molar-refractivity contribution in [1.29, 1.82) is 0 Å². The molecule has 2 atom stereocenters. The molecular formula is C16H20O2S. The van der Waals surface area contributed by atoms with E-state index in [1.165, 1.54) is 11.3 Å². The minimum atomic E-state index is -0.0560. The largest absolute Gasteiger partial charge is 0.353 e. The molecule has 1 aromatic carbocycles. The fourth-order valence-corrected chi connectivity index (χ4v) is 2.57. The van der Waals surface area contributed by atoms with Crippen LogP contribution < -0.4 is 0 Å². The zero-order valence-corrected chi connectivity index (χ0v) is 12.1. The summed E-state index contributed by atoms with van der Waals surface area (Å²) in [5, 5.41) is 0. The number of rotatable bonds is 4. The highest BCUT2D eigenvalue weighted by atomic mass is 32.2. The van der Waals surface area contributed by atoms with Gasteiger partial charge in [-0.25, -0.2) is 0 Å². The van der Waals surface area contributed by atoms with E-state index in [-0.39, 0.29) is 12.4 Å². The summed E-state index contributed by atoms with van der Waals surface area (Å²) >= 11 is 1.75. The van der Waals surface area contributed by atoms with Crippen LogP contribution in [0, 0.1) is 11.8 Å². The Balaban J connectivity index is 1.67. The Morgan fingerprint density at radius 2 is 2.21 bits per heavy atom. The predicted molar refractivity (Wildman–Crippen MR) is 79.1 cm³/mol. The number of hydrogen-bond acceptors (Lipinski definition) is 3. The van der Waals surface area contributed by atoms with Crippen molar-refractivity contribution in [3.05, 3.63) is 30.3 Å². The molecule has 102 valence electrons. The predicted octanol–water partition coefficient (Wildman–Crippen LogP) is 3.71. The molecule has 1 heterocycles. The van der Waals surface area contributed by atoms with E-state index in [9.17, 15) is 0 Å². The summed E-state index contributed by atoms with van der Waals surface area (Å²) in [5.41, 5.74) is 0. The van der Waals surface area contributed by atoms with Gasteiger partial charge in [0.1, 0.15) is 6.10 Å². The van der Waals surface area contributed by atoms with Gasteiger partial charge in [-0.05, 0) is 38.3 Å². The highest BCUT2D eigenvalue weighted by Crippen LogP contribution is 2.16. The number of ether oxygens (including phenoxy) is 2. The highest BCUT2D eigenvalue weighted by molar-refractivity contribution is 7.99. The van der Waals surface area contributed by atoms with Crippen LogP contribution in [0.2, 0.25) is 0 Å². The third kappa shape index (κ3) is 5.69. The maximum absolute atomic E-state index is 5.74. The summed E-state index contributed by atoms with van der Waals surface area (Å²) in [5.74, 6) is 7.08. The van der Waals surface area contributed by atoms with Crippen LogP contribution >= 0.6 is 11.8 Å². The summed E-state index contributed by atoms with van der Waals surface area (Å²) in [4.78, 5) is 1.25. The summed E-state index contributed by atoms with van der Waals surface area (Å²) in [6.07, 6.45) is 3.21. The zero-order valence-electron chi connectivity index (χ0n) is 11.3. The monoisotopic (exact) mass is 276 g/mol. The Morgan fingerprint density at radius 3 is 2.95 bits per heavy atom. The van der Waals surface area contributed by atoms with E-state index >= 15 is 0 Å². The molecule has 1 aromatic rings. The van der Waals surface area contributed by atoms with Crippen LogP contribution in [0.25, 0.3) is 0 Å². The van der Waals surface area contributed by atoms with Gasteiger partial charge in [0.05, 0.1) is 5.75 Å². The van der Waals surface area contributed by atoms with Crippen LogP contribution in [-0.4, -0.2) is 24.8 Å². The van der Waals surface area contributed by atoms with E-state index in [1.807, 2.05) is 25.1 Å². The van der Waals surface area contributed by atoms with E-state index in [4.69, 9.17) is 9.47 Å². The quantitative estimate of drug-likeness (QED) is 0.617. The lowest BCUT2D eigenvalue weighted by Crippen LogP contribution is -2.25. The van der Waals surface area contributed by atoms with Crippen molar-refractivity contribution in [1.82, 2.24) is 0 Å². The van der Waals surface area contributed by atoms with Crippen molar-refractivity contribution < 1.29 is 9.47 Å². The van der Waals surface area contributed by atoms with Crippen molar-refractivity contribution >= 4 is 11.8 Å². The van der Waals surface area contributed by atoms with Crippen molar-refractivity contribution in [2.45, 2.75) is 43.5 Å². The fourth-order valence-electron chi connectivity index (χ4n) is 1.90. The third-order valence-corrected chi connectivity index (χ3v) is 3.75. The molecule has 1 saturated heterocycles. The fraction of sp³-hybridized carbons (Fsp3) is 0.500. The minimum absolute atomic E-state index is 0.0557. The van der Waals surface area contributed by atoms with Gasteiger partial charge in [-0.2, -0.15) is 0 Å². The van der Waals surface area contributed by atoms with Gasteiger partial charge in [-0.1, -0.05) is 30.0 Å². The lowest BCUT2D eigenvalue weighted by Gasteiger charge is -2.24. The second kappa shape index (κ2) is 8.27. The summed E-state index contributed by atoms with van der Waals surface area (Å²) in [6.45, 7) is 2.80. The lowest BCUT2D eigenvalue weighted by molar-refractivity contribution is -0.173. The average Bonchev–Trinajstić information content (AvgIpc) is 2.46. The number of thioether (sulfide) groups is 1. The van der Waals surface area contributed by atoms with Crippen molar-refractivity contribution in [3.8, 4) is 11.8 Å². The van der Waals surface area contributed by atoms with Crippen LogP contribution in [0.15, 0.2) is 35.2 Å². The molecule has 0 amide bonds. The van der Waals surface area contributed by atoms with Crippen LogP contribution in [-0.2, 0) is 9.47 Å². The molecule has 0 aromatic heterocycles. The Labute approximate surface area is 119 Å². The van der Waals surface area contributed by atoms with Gasteiger partial charge in [0.15, 0.2) is 6.29 Å². The van der Waals surface area contributed by atoms with Crippen molar-refractivity contribution in [2.75, 3.05) is 12.4 Å². The van der Waals surface area contributed by atoms with E-state index in [0.29, 0.717) is 0 Å². The number of benzene rings is 1. The van der Waals surface area contributed by atoms with Gasteiger partial charge in [-0.3, -0.25) is 0 Å². The summed E-state index contributed by atoms with van der Waals surface area (Å²) in [7, 11) is 0.